The minimum absolute atomic E-state index is 0.0712. The molecule has 14 saturated carbocycles. The second-order valence-electron chi connectivity index (χ2n) is 23.3. The van der Waals surface area contributed by atoms with Gasteiger partial charge in [0.2, 0.25) is 0 Å². The standard InChI is InChI=1S/C12H20.2C10H18.2C9H16.C6H11F3.2C5H9F3.C4H7F3.5C2H6/c1-2-12-6-9-3-10(7-12)5-11(4-9)8-12;1-3-8-4-9-6-10(5-8)7(9)2;1-3-8-5-9-6-10(8)4-7(9)2;1-2-7-3-8-5-9(4-7)6-8;1-2-8-5-7-3-4-9(8)6-7;1-4-5(2,3)6(7,8)9;2*1-3-4(2)5(6,7)8;1-3(2)4(5,6)7;5*1-2/h9-11H,2-8H2,1H3;2*7-10H,3-6H2,1-2H3;2*7-9H,2-6H2,1H3;4H2,1-3H3;2*4H,3H2,1-2H3;3H,1-2H3;5*1-2H3/i2D2;2*3D2,4D2,5D2,6D2,7D,8D,9D,10D;2D2;2D2,8D;2D3,4D2;2*3D2,4D;3D;;;;;. The van der Waals surface area contributed by atoms with Gasteiger partial charge < -0.3 is 0 Å². The quantitative estimate of drug-likeness (QED) is 0.213. The summed E-state index contributed by atoms with van der Waals surface area (Å²) in [5.74, 6) is -27.3. The summed E-state index contributed by atoms with van der Waals surface area (Å²) < 4.78 is 473. The zero-order chi connectivity index (χ0) is 111. The van der Waals surface area contributed by atoms with Crippen molar-refractivity contribution in [2.75, 3.05) is 0 Å². The molecule has 0 aromatic rings. The van der Waals surface area contributed by atoms with Crippen molar-refractivity contribution in [2.24, 2.45) is 129 Å². The molecule has 12 bridgehead atoms. The average molecular weight is 1390 g/mol. The molecule has 0 nitrogen and oxygen atoms in total. The molecule has 14 fully saturated rings. The Balaban J connectivity index is -0.00000146. The van der Waals surface area contributed by atoms with Gasteiger partial charge >= 0.3 is 24.7 Å². The van der Waals surface area contributed by atoms with Gasteiger partial charge in [0.05, 0.1) is 17.2 Å². The van der Waals surface area contributed by atoms with Crippen LogP contribution in [0.3, 0.4) is 0 Å². The molecule has 0 N–H and O–H groups in total. The molecule has 14 aliphatic carbocycles. The van der Waals surface area contributed by atoms with Crippen molar-refractivity contribution in [3.63, 3.8) is 0 Å². The van der Waals surface area contributed by atoms with Crippen molar-refractivity contribution in [1.29, 1.82) is 0 Å². The van der Waals surface area contributed by atoms with E-state index in [0.29, 0.717) is 45.4 Å². The lowest BCUT2D eigenvalue weighted by atomic mass is 9.49. The fourth-order valence-electron chi connectivity index (χ4n) is 11.8. The molecule has 558 valence electrons. The first-order valence-corrected chi connectivity index (χ1v) is 33.2. The van der Waals surface area contributed by atoms with E-state index < -0.39 is 197 Å². The van der Waals surface area contributed by atoms with Crippen molar-refractivity contribution < 1.29 is 112 Å². The van der Waals surface area contributed by atoms with E-state index in [9.17, 15) is 52.7 Å². The Labute approximate surface area is 624 Å². The summed E-state index contributed by atoms with van der Waals surface area (Å²) in [7, 11) is 0. The molecular formula is C80H154F12. The number of fused-ring (bicyclic) bond motifs is 8. The van der Waals surface area contributed by atoms with Crippen molar-refractivity contribution >= 4 is 0 Å². The Morgan fingerprint density at radius 3 is 1.09 bits per heavy atom. The van der Waals surface area contributed by atoms with Gasteiger partial charge in [0, 0.05) is 64.8 Å². The first-order chi connectivity index (χ1) is 58.5. The Morgan fingerprint density at radius 1 is 0.467 bits per heavy atom. The first kappa shape index (κ1) is 43.1. The zero-order valence-electron chi connectivity index (χ0n) is 104. The predicted octanol–water partition coefficient (Wildman–Crippen LogP) is 30.9. The van der Waals surface area contributed by atoms with Crippen molar-refractivity contribution in [2.45, 2.75) is 384 Å². The number of hydrogen-bond donors (Lipinski definition) is 0. The third kappa shape index (κ3) is 33.3. The van der Waals surface area contributed by atoms with Crippen LogP contribution in [0.2, 0.25) is 0 Å². The Kier molecular flexibility index (Phi) is 22.1. The Hall–Kier alpha value is -0.840. The summed E-state index contributed by atoms with van der Waals surface area (Å²) in [5.41, 5.74) is -3.28. The van der Waals surface area contributed by atoms with E-state index in [0.717, 1.165) is 117 Å². The molecule has 14 aliphatic rings. The van der Waals surface area contributed by atoms with E-state index in [1.165, 1.54) is 57.8 Å². The van der Waals surface area contributed by atoms with E-state index in [4.69, 9.17) is 58.9 Å². The van der Waals surface area contributed by atoms with Gasteiger partial charge in [-0.1, -0.05) is 218 Å². The van der Waals surface area contributed by atoms with E-state index in [2.05, 4.69) is 0 Å². The van der Waals surface area contributed by atoms with Crippen molar-refractivity contribution in [3.05, 3.63) is 0 Å². The highest BCUT2D eigenvalue weighted by molar-refractivity contribution is 5.01. The molecule has 12 unspecified atom stereocenters. The molecule has 0 aliphatic heterocycles. The van der Waals surface area contributed by atoms with Gasteiger partial charge in [-0.05, 0) is 247 Å². The second-order valence-corrected chi connectivity index (χ2v) is 23.3. The van der Waals surface area contributed by atoms with Crippen LogP contribution in [0, 0.1) is 129 Å². The van der Waals surface area contributed by atoms with Gasteiger partial charge in [0.15, 0.2) is 0 Å². The number of rotatable bonds is 8. The summed E-state index contributed by atoms with van der Waals surface area (Å²) >= 11 is 0. The minimum atomic E-state index is -5.11. The molecule has 14 rings (SSSR count). The molecule has 12 heteroatoms. The molecular weight excluding hydrogens is 1190 g/mol. The van der Waals surface area contributed by atoms with Crippen LogP contribution in [0.25, 0.3) is 0 Å². The van der Waals surface area contributed by atoms with Crippen LogP contribution in [0.4, 0.5) is 52.7 Å². The maximum Gasteiger partial charge on any atom is 0.393 e. The molecule has 0 aromatic heterocycles. The number of halogens is 12. The summed E-state index contributed by atoms with van der Waals surface area (Å²) in [6, 6.07) is 0. The minimum Gasteiger partial charge on any atom is -0.171 e. The summed E-state index contributed by atoms with van der Waals surface area (Å²) in [4.78, 5) is 0. The van der Waals surface area contributed by atoms with Crippen molar-refractivity contribution in [3.8, 4) is 0 Å². The lowest BCUT2D eigenvalue weighted by Gasteiger charge is -2.56. The third-order valence-electron chi connectivity index (χ3n) is 17.1. The Morgan fingerprint density at radius 2 is 0.870 bits per heavy atom. The van der Waals surface area contributed by atoms with Crippen LogP contribution in [-0.2, 0) is 0 Å². The molecule has 0 spiro atoms. The van der Waals surface area contributed by atoms with Crippen molar-refractivity contribution in [1.82, 2.24) is 0 Å². The van der Waals surface area contributed by atoms with Gasteiger partial charge in [-0.15, -0.1) is 0 Å². The smallest absolute Gasteiger partial charge is 0.171 e. The van der Waals surface area contributed by atoms with Gasteiger partial charge in [0.1, 0.15) is 0 Å². The fraction of sp³-hybridized carbons (Fsp3) is 1.00. The normalized spacial score (nSPS) is 53.7. The largest absolute Gasteiger partial charge is 0.393 e. The van der Waals surface area contributed by atoms with Crippen LogP contribution in [0.5, 0.6) is 0 Å². The summed E-state index contributed by atoms with van der Waals surface area (Å²) in [5, 5.41) is 0. The van der Waals surface area contributed by atoms with Crippen LogP contribution in [0.1, 0.15) is 418 Å². The fourth-order valence-corrected chi connectivity index (χ4v) is 11.8. The van der Waals surface area contributed by atoms with Gasteiger partial charge in [-0.3, -0.25) is 0 Å². The SMILES string of the molecule is CC.CC.CC.CC.CC.[2H]C(C)(C)C(F)(F)F.[2H]C([2H])(C)C([2H])(C)C(F)(F)F.[2H]C([2H])(C)C([2H])(C)C(F)(F)F.[2H]C([2H])(C)C1([2H])C([2H])([2H])C2([2H])C([2H])([2H])C([2H])(C1([2H])[2H])C2([2H])C.[2H]C([2H])(C)C1([2H])C([2H])([2H])C2([2H])C([2H])([2H])C1([2H])C([2H])([2H])C2([2H])C.[2H]C([2H])(C)C1([2H])CC2CCC1C2.[2H]C([2H])(C)C12CC3CC(CC(C3)C1)C2.[2H]C([2H])(C)C1CC2CC(C2)C1.[2H]C([2H])([2H])C(C)(C([2H])([2H])C)C(F)(F)F. The van der Waals surface area contributed by atoms with Crippen LogP contribution < -0.4 is 0 Å². The predicted molar refractivity (Wildman–Crippen MR) is 376 cm³/mol. The highest BCUT2D eigenvalue weighted by Gasteiger charge is 2.50. The van der Waals surface area contributed by atoms with Gasteiger partial charge in [-0.25, -0.2) is 0 Å². The van der Waals surface area contributed by atoms with E-state index in [-0.39, 0.29) is 5.41 Å². The highest BCUT2D eigenvalue weighted by atomic mass is 19.4. The Bertz CT molecular complexity index is 3490. The van der Waals surface area contributed by atoms with Crippen LogP contribution in [-0.4, -0.2) is 24.7 Å². The summed E-state index contributed by atoms with van der Waals surface area (Å²) in [6.07, 6.45) is -38.2. The zero-order valence-corrected chi connectivity index (χ0v) is 60.6. The van der Waals surface area contributed by atoms with Crippen LogP contribution in [0.15, 0.2) is 0 Å². The molecule has 0 aromatic carbocycles. The van der Waals surface area contributed by atoms with Gasteiger partial charge in [0.25, 0.3) is 0 Å². The summed E-state index contributed by atoms with van der Waals surface area (Å²) in [6.45, 7) is 30.2. The third-order valence-corrected chi connectivity index (χ3v) is 17.1. The average Bonchev–Trinajstić information content (AvgIpc) is 1.59. The van der Waals surface area contributed by atoms with Gasteiger partial charge in [-0.2, -0.15) is 52.7 Å². The van der Waals surface area contributed by atoms with Crippen LogP contribution >= 0.6 is 0 Å². The number of hydrogen-bond acceptors (Lipinski definition) is 0. The number of alkyl halides is 12. The van der Waals surface area contributed by atoms with E-state index >= 15 is 0 Å². The molecule has 0 radical (unpaired) electrons. The molecule has 92 heavy (non-hydrogen) atoms. The van der Waals surface area contributed by atoms with E-state index in [1.807, 2.05) is 76.2 Å². The second kappa shape index (κ2) is 47.3. The highest BCUT2D eigenvalue weighted by Crippen LogP contribution is 2.61. The molecule has 0 amide bonds. The first-order valence-electron chi connectivity index (χ1n) is 54.7. The monoisotopic (exact) mass is 1390 g/mol. The lowest BCUT2D eigenvalue weighted by Crippen LogP contribution is -2.45. The molecule has 0 heterocycles. The maximum absolute atomic E-state index is 12.5. The maximum atomic E-state index is 12.5. The molecule has 12 atom stereocenters. The molecule has 0 saturated heterocycles. The van der Waals surface area contributed by atoms with E-state index in [1.54, 1.807) is 13.8 Å². The topological polar surface area (TPSA) is 0 Å². The lowest BCUT2D eigenvalue weighted by molar-refractivity contribution is -0.212.